The van der Waals surface area contributed by atoms with E-state index in [0.29, 0.717) is 0 Å². The lowest BCUT2D eigenvalue weighted by molar-refractivity contribution is 0.456. The molecule has 1 aromatic heterocycles. The standard InChI is InChI=1S/C9H9BrN2O/c1-12(2)9-6-4-3-5-7(10)8(6)13-11-9/h3-5H,1-2H3. The minimum atomic E-state index is 0.797. The van der Waals surface area contributed by atoms with Gasteiger partial charge >= 0.3 is 0 Å². The number of fused-ring (bicyclic) bond motifs is 1. The molecule has 0 atom stereocenters. The minimum absolute atomic E-state index is 0.797. The summed E-state index contributed by atoms with van der Waals surface area (Å²) in [6.07, 6.45) is 0. The Hall–Kier alpha value is -1.03. The molecule has 3 nitrogen and oxygen atoms in total. The number of aromatic nitrogens is 1. The summed E-state index contributed by atoms with van der Waals surface area (Å²) >= 11 is 3.41. The van der Waals surface area contributed by atoms with E-state index in [1.165, 1.54) is 0 Å². The smallest absolute Gasteiger partial charge is 0.183 e. The van der Waals surface area contributed by atoms with E-state index >= 15 is 0 Å². The monoisotopic (exact) mass is 240 g/mol. The van der Waals surface area contributed by atoms with E-state index in [0.717, 1.165) is 21.3 Å². The van der Waals surface area contributed by atoms with Gasteiger partial charge in [-0.25, -0.2) is 0 Å². The Kier molecular flexibility index (Phi) is 2.00. The third kappa shape index (κ3) is 1.31. The van der Waals surface area contributed by atoms with Crippen LogP contribution in [0.25, 0.3) is 11.0 Å². The van der Waals surface area contributed by atoms with Crippen molar-refractivity contribution < 1.29 is 4.52 Å². The van der Waals surface area contributed by atoms with E-state index in [9.17, 15) is 0 Å². The van der Waals surface area contributed by atoms with Crippen molar-refractivity contribution in [2.75, 3.05) is 19.0 Å². The molecular weight excluding hydrogens is 232 g/mol. The lowest BCUT2D eigenvalue weighted by atomic mass is 10.2. The molecule has 4 heteroatoms. The summed E-state index contributed by atoms with van der Waals surface area (Å²) in [5.41, 5.74) is 0.797. The molecule has 0 aliphatic carbocycles. The Bertz CT molecular complexity index is 436. The van der Waals surface area contributed by atoms with Gasteiger partial charge < -0.3 is 9.42 Å². The van der Waals surface area contributed by atoms with Crippen molar-refractivity contribution in [1.82, 2.24) is 5.16 Å². The van der Waals surface area contributed by atoms with Gasteiger partial charge in [-0.2, -0.15) is 0 Å². The molecule has 0 spiro atoms. The molecule has 0 saturated heterocycles. The Labute approximate surface area is 84.4 Å². The highest BCUT2D eigenvalue weighted by Crippen LogP contribution is 2.29. The topological polar surface area (TPSA) is 29.3 Å². The quantitative estimate of drug-likeness (QED) is 0.768. The maximum absolute atomic E-state index is 5.20. The first-order valence-corrected chi connectivity index (χ1v) is 4.70. The number of benzene rings is 1. The lowest BCUT2D eigenvalue weighted by Gasteiger charge is -2.06. The molecule has 0 fully saturated rings. The lowest BCUT2D eigenvalue weighted by Crippen LogP contribution is -2.08. The molecule has 0 unspecified atom stereocenters. The summed E-state index contributed by atoms with van der Waals surface area (Å²) in [6, 6.07) is 5.90. The summed E-state index contributed by atoms with van der Waals surface area (Å²) in [6.45, 7) is 0. The van der Waals surface area contributed by atoms with Crippen molar-refractivity contribution in [2.45, 2.75) is 0 Å². The number of nitrogens with zero attached hydrogens (tertiary/aromatic N) is 2. The van der Waals surface area contributed by atoms with Gasteiger partial charge in [-0.05, 0) is 28.1 Å². The molecule has 68 valence electrons. The molecule has 2 rings (SSSR count). The van der Waals surface area contributed by atoms with Crippen molar-refractivity contribution in [3.8, 4) is 0 Å². The average Bonchev–Trinajstić information content (AvgIpc) is 2.48. The van der Waals surface area contributed by atoms with Gasteiger partial charge in [0.15, 0.2) is 11.4 Å². The van der Waals surface area contributed by atoms with Crippen LogP contribution >= 0.6 is 15.9 Å². The van der Waals surface area contributed by atoms with E-state index in [4.69, 9.17) is 4.52 Å². The van der Waals surface area contributed by atoms with E-state index in [2.05, 4.69) is 21.1 Å². The highest BCUT2D eigenvalue weighted by atomic mass is 79.9. The Morgan fingerprint density at radius 1 is 1.38 bits per heavy atom. The van der Waals surface area contributed by atoms with Crippen molar-refractivity contribution in [2.24, 2.45) is 0 Å². The van der Waals surface area contributed by atoms with Crippen LogP contribution in [0, 0.1) is 0 Å². The van der Waals surface area contributed by atoms with Gasteiger partial charge in [0.1, 0.15) is 0 Å². The van der Waals surface area contributed by atoms with E-state index in [-0.39, 0.29) is 0 Å². The molecule has 0 saturated carbocycles. The summed E-state index contributed by atoms with van der Waals surface area (Å²) in [4.78, 5) is 1.93. The van der Waals surface area contributed by atoms with E-state index in [1.807, 2.05) is 37.2 Å². The minimum Gasteiger partial charge on any atom is -0.359 e. The number of hydrogen-bond donors (Lipinski definition) is 0. The molecule has 0 aliphatic rings. The Morgan fingerprint density at radius 3 is 2.85 bits per heavy atom. The molecule has 0 N–H and O–H groups in total. The first-order chi connectivity index (χ1) is 6.20. The Balaban J connectivity index is 2.75. The molecule has 1 heterocycles. The Morgan fingerprint density at radius 2 is 2.15 bits per heavy atom. The van der Waals surface area contributed by atoms with Gasteiger partial charge in [0, 0.05) is 14.1 Å². The fourth-order valence-corrected chi connectivity index (χ4v) is 1.68. The summed E-state index contributed by atoms with van der Waals surface area (Å²) in [7, 11) is 3.89. The van der Waals surface area contributed by atoms with Crippen LogP contribution in [-0.4, -0.2) is 19.3 Å². The fourth-order valence-electron chi connectivity index (χ4n) is 1.24. The van der Waals surface area contributed by atoms with Crippen molar-refractivity contribution in [3.05, 3.63) is 22.7 Å². The van der Waals surface area contributed by atoms with Gasteiger partial charge in [0.05, 0.1) is 9.86 Å². The van der Waals surface area contributed by atoms with E-state index < -0.39 is 0 Å². The van der Waals surface area contributed by atoms with Crippen LogP contribution in [0.2, 0.25) is 0 Å². The first kappa shape index (κ1) is 8.56. The largest absolute Gasteiger partial charge is 0.359 e. The third-order valence-electron chi connectivity index (χ3n) is 1.85. The zero-order valence-electron chi connectivity index (χ0n) is 7.41. The SMILES string of the molecule is CN(C)c1noc2c(Br)cccc12. The van der Waals surface area contributed by atoms with Gasteiger partial charge in [-0.1, -0.05) is 11.2 Å². The van der Waals surface area contributed by atoms with Crippen molar-refractivity contribution in [1.29, 1.82) is 0 Å². The second-order valence-corrected chi connectivity index (χ2v) is 3.87. The van der Waals surface area contributed by atoms with E-state index in [1.54, 1.807) is 0 Å². The maximum atomic E-state index is 5.20. The summed E-state index contributed by atoms with van der Waals surface area (Å²) in [5.74, 6) is 0.858. The van der Waals surface area contributed by atoms with Crippen LogP contribution in [0.4, 0.5) is 5.82 Å². The normalized spacial score (nSPS) is 10.7. The van der Waals surface area contributed by atoms with Crippen LogP contribution in [-0.2, 0) is 0 Å². The number of hydrogen-bond acceptors (Lipinski definition) is 3. The average molecular weight is 241 g/mol. The van der Waals surface area contributed by atoms with Gasteiger partial charge in [-0.3, -0.25) is 0 Å². The predicted molar refractivity (Wildman–Crippen MR) is 56.0 cm³/mol. The van der Waals surface area contributed by atoms with Crippen LogP contribution in [0.3, 0.4) is 0 Å². The van der Waals surface area contributed by atoms with Crippen LogP contribution in [0.5, 0.6) is 0 Å². The van der Waals surface area contributed by atoms with Crippen LogP contribution in [0.1, 0.15) is 0 Å². The highest BCUT2D eigenvalue weighted by Gasteiger charge is 2.10. The number of rotatable bonds is 1. The molecular formula is C9H9BrN2O. The highest BCUT2D eigenvalue weighted by molar-refractivity contribution is 9.10. The second-order valence-electron chi connectivity index (χ2n) is 3.02. The molecule has 0 bridgehead atoms. The molecule has 0 radical (unpaired) electrons. The zero-order valence-corrected chi connectivity index (χ0v) is 9.00. The van der Waals surface area contributed by atoms with Crippen molar-refractivity contribution >= 4 is 32.7 Å². The number of para-hydroxylation sites is 1. The van der Waals surface area contributed by atoms with Gasteiger partial charge in [0.2, 0.25) is 0 Å². The maximum Gasteiger partial charge on any atom is 0.183 e. The number of anilines is 1. The first-order valence-electron chi connectivity index (χ1n) is 3.91. The van der Waals surface area contributed by atoms with Crippen LogP contribution in [0.15, 0.2) is 27.2 Å². The molecule has 13 heavy (non-hydrogen) atoms. The van der Waals surface area contributed by atoms with Crippen LogP contribution < -0.4 is 4.90 Å². The molecule has 0 aliphatic heterocycles. The third-order valence-corrected chi connectivity index (χ3v) is 2.48. The zero-order chi connectivity index (χ0) is 9.42. The predicted octanol–water partition coefficient (Wildman–Crippen LogP) is 2.66. The molecule has 0 amide bonds. The number of halogens is 1. The summed E-state index contributed by atoms with van der Waals surface area (Å²) < 4.78 is 6.14. The fraction of sp³-hybridized carbons (Fsp3) is 0.222. The van der Waals surface area contributed by atoms with Gasteiger partial charge in [0.25, 0.3) is 0 Å². The second kappa shape index (κ2) is 3.03. The molecule has 2 aromatic rings. The van der Waals surface area contributed by atoms with Gasteiger partial charge in [-0.15, -0.1) is 0 Å². The van der Waals surface area contributed by atoms with Crippen molar-refractivity contribution in [3.63, 3.8) is 0 Å². The molecule has 1 aromatic carbocycles. The summed E-state index contributed by atoms with van der Waals surface area (Å²) in [5, 5.41) is 5.00.